The Hall–Kier alpha value is -2.58. The van der Waals surface area contributed by atoms with Gasteiger partial charge in [-0.15, -0.1) is 23.1 Å². The highest BCUT2D eigenvalue weighted by Gasteiger charge is 2.18. The van der Waals surface area contributed by atoms with Gasteiger partial charge in [-0.05, 0) is 36.6 Å². The van der Waals surface area contributed by atoms with Gasteiger partial charge in [-0.3, -0.25) is 9.59 Å². The van der Waals surface area contributed by atoms with E-state index in [4.69, 9.17) is 4.42 Å². The van der Waals surface area contributed by atoms with Crippen LogP contribution in [0.5, 0.6) is 0 Å². The number of hydrogen-bond acceptors (Lipinski definition) is 6. The molecule has 0 fully saturated rings. The average Bonchev–Trinajstić information content (AvgIpc) is 3.25. The van der Waals surface area contributed by atoms with Gasteiger partial charge in [0, 0.05) is 10.6 Å². The number of aryl methyl sites for hydroxylation is 1. The molecule has 1 aromatic carbocycles. The summed E-state index contributed by atoms with van der Waals surface area (Å²) >= 11 is 3.02. The maximum atomic E-state index is 12.4. The number of carbonyl (C=O) groups excluding carboxylic acids is 2. The van der Waals surface area contributed by atoms with Crippen molar-refractivity contribution in [2.45, 2.75) is 18.2 Å². The Kier molecular flexibility index (Phi) is 4.52. The lowest BCUT2D eigenvalue weighted by atomic mass is 10.2. The van der Waals surface area contributed by atoms with E-state index in [0.717, 1.165) is 15.5 Å². The molecule has 26 heavy (non-hydrogen) atoms. The maximum Gasteiger partial charge on any atom is 0.236 e. The van der Waals surface area contributed by atoms with Crippen LogP contribution in [-0.2, 0) is 16.0 Å². The second kappa shape index (κ2) is 6.97. The SMILES string of the molecule is Cc1oc(-c2cccs2)nc1CC(=O)Nc1ccc2c(c1)NC(=O)CS2. The van der Waals surface area contributed by atoms with Gasteiger partial charge in [0.15, 0.2) is 0 Å². The third-order valence-corrected chi connectivity index (χ3v) is 5.78. The van der Waals surface area contributed by atoms with Gasteiger partial charge in [-0.1, -0.05) is 6.07 Å². The van der Waals surface area contributed by atoms with E-state index in [-0.39, 0.29) is 18.2 Å². The molecule has 2 aromatic heterocycles. The molecule has 1 aliphatic rings. The molecule has 6 nitrogen and oxygen atoms in total. The third-order valence-electron chi connectivity index (χ3n) is 3.85. The summed E-state index contributed by atoms with van der Waals surface area (Å²) < 4.78 is 5.67. The van der Waals surface area contributed by atoms with Gasteiger partial charge in [0.2, 0.25) is 17.7 Å². The number of rotatable bonds is 4. The summed E-state index contributed by atoms with van der Waals surface area (Å²) in [6, 6.07) is 9.35. The molecule has 2 N–H and O–H groups in total. The molecule has 4 rings (SSSR count). The molecule has 132 valence electrons. The van der Waals surface area contributed by atoms with Crippen molar-refractivity contribution in [3.05, 3.63) is 47.2 Å². The second-order valence-electron chi connectivity index (χ2n) is 5.77. The first kappa shape index (κ1) is 16.9. The van der Waals surface area contributed by atoms with Crippen LogP contribution >= 0.6 is 23.1 Å². The monoisotopic (exact) mass is 385 g/mol. The van der Waals surface area contributed by atoms with E-state index in [9.17, 15) is 9.59 Å². The normalized spacial score (nSPS) is 13.2. The standard InChI is InChI=1S/C18H15N3O3S2/c1-10-12(21-18(24-10)15-3-2-6-25-15)8-16(22)19-11-4-5-14-13(7-11)20-17(23)9-26-14/h2-7H,8-9H2,1H3,(H,19,22)(H,20,23). The number of anilines is 2. The fourth-order valence-electron chi connectivity index (χ4n) is 2.62. The van der Waals surface area contributed by atoms with Crippen LogP contribution in [0.3, 0.4) is 0 Å². The summed E-state index contributed by atoms with van der Waals surface area (Å²) in [6.45, 7) is 1.80. The maximum absolute atomic E-state index is 12.4. The molecule has 0 unspecified atom stereocenters. The van der Waals surface area contributed by atoms with E-state index in [1.165, 1.54) is 23.1 Å². The highest BCUT2D eigenvalue weighted by Crippen LogP contribution is 2.33. The number of amides is 2. The summed E-state index contributed by atoms with van der Waals surface area (Å²) in [4.78, 5) is 30.2. The average molecular weight is 385 g/mol. The Balaban J connectivity index is 1.46. The van der Waals surface area contributed by atoms with Crippen LogP contribution in [0.2, 0.25) is 0 Å². The minimum atomic E-state index is -0.186. The van der Waals surface area contributed by atoms with Crippen LogP contribution in [0.1, 0.15) is 11.5 Å². The first-order chi connectivity index (χ1) is 12.6. The fraction of sp³-hybridized carbons (Fsp3) is 0.167. The van der Waals surface area contributed by atoms with Crippen LogP contribution in [0, 0.1) is 6.92 Å². The smallest absolute Gasteiger partial charge is 0.236 e. The number of aromatic nitrogens is 1. The number of oxazole rings is 1. The molecule has 0 radical (unpaired) electrons. The molecular weight excluding hydrogens is 370 g/mol. The molecule has 3 heterocycles. The van der Waals surface area contributed by atoms with Gasteiger partial charge in [0.1, 0.15) is 5.76 Å². The van der Waals surface area contributed by atoms with Crippen LogP contribution < -0.4 is 10.6 Å². The molecule has 2 amide bonds. The zero-order chi connectivity index (χ0) is 18.1. The molecule has 8 heteroatoms. The molecule has 1 aliphatic heterocycles. The van der Waals surface area contributed by atoms with E-state index in [1.54, 1.807) is 13.0 Å². The van der Waals surface area contributed by atoms with Crippen LogP contribution in [0.15, 0.2) is 45.0 Å². The van der Waals surface area contributed by atoms with E-state index in [2.05, 4.69) is 15.6 Å². The summed E-state index contributed by atoms with van der Waals surface area (Å²) in [5, 5.41) is 7.61. The van der Waals surface area contributed by atoms with E-state index >= 15 is 0 Å². The van der Waals surface area contributed by atoms with Crippen molar-refractivity contribution in [1.29, 1.82) is 0 Å². The summed E-state index contributed by atoms with van der Waals surface area (Å²) in [5.74, 6) is 1.36. The third kappa shape index (κ3) is 3.51. The van der Waals surface area contributed by atoms with E-state index in [0.29, 0.717) is 28.8 Å². The number of thiophene rings is 1. The first-order valence-electron chi connectivity index (χ1n) is 7.95. The van der Waals surface area contributed by atoms with Gasteiger partial charge >= 0.3 is 0 Å². The van der Waals surface area contributed by atoms with Gasteiger partial charge in [-0.2, -0.15) is 0 Å². The van der Waals surface area contributed by atoms with E-state index in [1.807, 2.05) is 29.6 Å². The molecular formula is C18H15N3O3S2. The zero-order valence-corrected chi connectivity index (χ0v) is 15.5. The summed E-state index contributed by atoms with van der Waals surface area (Å²) in [6.07, 6.45) is 0.124. The van der Waals surface area contributed by atoms with Crippen molar-refractivity contribution in [1.82, 2.24) is 4.98 Å². The quantitative estimate of drug-likeness (QED) is 0.711. The molecule has 3 aromatic rings. The number of thioether (sulfide) groups is 1. The topological polar surface area (TPSA) is 84.2 Å². The highest BCUT2D eigenvalue weighted by atomic mass is 32.2. The zero-order valence-electron chi connectivity index (χ0n) is 13.9. The van der Waals surface area contributed by atoms with Crippen molar-refractivity contribution in [2.24, 2.45) is 0 Å². The number of fused-ring (bicyclic) bond motifs is 1. The van der Waals surface area contributed by atoms with Crippen molar-refractivity contribution >= 4 is 46.3 Å². The predicted octanol–water partition coefficient (Wildman–Crippen LogP) is 3.94. The predicted molar refractivity (Wildman–Crippen MR) is 103 cm³/mol. The van der Waals surface area contributed by atoms with Crippen LogP contribution in [0.25, 0.3) is 10.8 Å². The van der Waals surface area contributed by atoms with Gasteiger partial charge in [0.25, 0.3) is 0 Å². The lowest BCUT2D eigenvalue weighted by Crippen LogP contribution is -2.19. The number of carbonyl (C=O) groups is 2. The van der Waals surface area contributed by atoms with Crippen molar-refractivity contribution < 1.29 is 14.0 Å². The summed E-state index contributed by atoms with van der Waals surface area (Å²) in [5.41, 5.74) is 1.98. The minimum absolute atomic E-state index is 0.0368. The number of nitrogens with zero attached hydrogens (tertiary/aromatic N) is 1. The number of hydrogen-bond donors (Lipinski definition) is 2. The molecule has 0 saturated carbocycles. The van der Waals surface area contributed by atoms with Crippen LogP contribution in [-0.4, -0.2) is 22.6 Å². The number of nitrogens with one attached hydrogen (secondary N) is 2. The van der Waals surface area contributed by atoms with Crippen molar-refractivity contribution in [3.63, 3.8) is 0 Å². The van der Waals surface area contributed by atoms with Crippen molar-refractivity contribution in [2.75, 3.05) is 16.4 Å². The Morgan fingerprint density at radius 2 is 2.27 bits per heavy atom. The molecule has 0 atom stereocenters. The Bertz CT molecular complexity index is 980. The molecule has 0 saturated heterocycles. The van der Waals surface area contributed by atoms with Crippen LogP contribution in [0.4, 0.5) is 11.4 Å². The Labute approximate surface area is 158 Å². The highest BCUT2D eigenvalue weighted by molar-refractivity contribution is 8.00. The number of benzene rings is 1. The Morgan fingerprint density at radius 3 is 3.08 bits per heavy atom. The molecule has 0 spiro atoms. The summed E-state index contributed by atoms with van der Waals surface area (Å²) in [7, 11) is 0. The lowest BCUT2D eigenvalue weighted by Gasteiger charge is -2.17. The minimum Gasteiger partial charge on any atom is -0.440 e. The molecule has 0 aliphatic carbocycles. The van der Waals surface area contributed by atoms with Gasteiger partial charge in [0.05, 0.1) is 28.4 Å². The first-order valence-corrected chi connectivity index (χ1v) is 9.82. The molecule has 0 bridgehead atoms. The van der Waals surface area contributed by atoms with Crippen molar-refractivity contribution in [3.8, 4) is 10.8 Å². The van der Waals surface area contributed by atoms with E-state index < -0.39 is 0 Å². The lowest BCUT2D eigenvalue weighted by molar-refractivity contribution is -0.115. The second-order valence-corrected chi connectivity index (χ2v) is 7.74. The largest absolute Gasteiger partial charge is 0.440 e. The Morgan fingerprint density at radius 1 is 1.38 bits per heavy atom. The van der Waals surface area contributed by atoms with Gasteiger partial charge < -0.3 is 15.1 Å². The fourth-order valence-corrected chi connectivity index (χ4v) is 4.05. The van der Waals surface area contributed by atoms with Gasteiger partial charge in [-0.25, -0.2) is 4.98 Å².